The summed E-state index contributed by atoms with van der Waals surface area (Å²) in [5, 5.41) is 3.54. The lowest BCUT2D eigenvalue weighted by Gasteiger charge is -2.13. The van der Waals surface area contributed by atoms with E-state index in [4.69, 9.17) is 0 Å². The highest BCUT2D eigenvalue weighted by Crippen LogP contribution is 2.31. The van der Waals surface area contributed by atoms with Crippen LogP contribution in [0.2, 0.25) is 0 Å². The topological polar surface area (TPSA) is 71.4 Å². The number of carbonyl (C=O) groups is 3. The molecule has 1 aliphatic rings. The van der Waals surface area contributed by atoms with Gasteiger partial charge in [-0.3, -0.25) is 19.3 Å². The van der Waals surface area contributed by atoms with Gasteiger partial charge in [-0.05, 0) is 40.9 Å². The molecule has 2 aromatic carbocycles. The zero-order valence-corrected chi connectivity index (χ0v) is 16.4. The lowest BCUT2D eigenvalue weighted by atomic mass is 10.2. The van der Waals surface area contributed by atoms with E-state index in [0.717, 1.165) is 28.2 Å². The molecule has 4 rings (SSSR count). The van der Waals surface area contributed by atoms with Crippen LogP contribution in [0.4, 0.5) is 4.79 Å². The minimum absolute atomic E-state index is 0.148. The molecule has 7 heteroatoms. The molecule has 0 atom stereocenters. The van der Waals surface area contributed by atoms with Crippen molar-refractivity contribution in [1.82, 2.24) is 14.8 Å². The number of hydrogen-bond acceptors (Lipinski definition) is 4. The van der Waals surface area contributed by atoms with Gasteiger partial charge in [-0.25, -0.2) is 0 Å². The molecule has 1 aromatic heterocycles. The summed E-state index contributed by atoms with van der Waals surface area (Å²) >= 11 is 0.922. The fourth-order valence-corrected chi connectivity index (χ4v) is 4.05. The van der Waals surface area contributed by atoms with Crippen LogP contribution < -0.4 is 5.32 Å². The summed E-state index contributed by atoms with van der Waals surface area (Å²) in [6, 6.07) is 19.2. The van der Waals surface area contributed by atoms with Crippen LogP contribution >= 0.6 is 11.8 Å². The minimum Gasteiger partial charge on any atom is -0.353 e. The van der Waals surface area contributed by atoms with Gasteiger partial charge in [0.1, 0.15) is 6.54 Å². The van der Waals surface area contributed by atoms with Gasteiger partial charge in [0.2, 0.25) is 5.91 Å². The second-order valence-electron chi connectivity index (χ2n) is 6.60. The van der Waals surface area contributed by atoms with E-state index < -0.39 is 0 Å². The molecule has 0 unspecified atom stereocenters. The van der Waals surface area contributed by atoms with E-state index in [-0.39, 0.29) is 36.7 Å². The maximum Gasteiger partial charge on any atom is 0.293 e. The molecule has 146 valence electrons. The summed E-state index contributed by atoms with van der Waals surface area (Å²) in [6.07, 6.45) is 3.58. The van der Waals surface area contributed by atoms with Crippen molar-refractivity contribution < 1.29 is 14.4 Å². The van der Waals surface area contributed by atoms with Crippen molar-refractivity contribution in [2.75, 3.05) is 13.1 Å². The average molecular weight is 405 g/mol. The molecule has 1 fully saturated rings. The van der Waals surface area contributed by atoms with E-state index in [1.807, 2.05) is 71.4 Å². The van der Waals surface area contributed by atoms with Gasteiger partial charge in [0.05, 0.1) is 4.91 Å². The van der Waals surface area contributed by atoms with Crippen LogP contribution in [-0.2, 0) is 16.1 Å². The van der Waals surface area contributed by atoms with Crippen molar-refractivity contribution in [3.8, 4) is 0 Å². The van der Waals surface area contributed by atoms with E-state index in [9.17, 15) is 14.4 Å². The molecule has 0 spiro atoms. The van der Waals surface area contributed by atoms with E-state index >= 15 is 0 Å². The number of amides is 3. The lowest BCUT2D eigenvalue weighted by Crippen LogP contribution is -2.38. The van der Waals surface area contributed by atoms with Gasteiger partial charge in [0, 0.05) is 24.8 Å². The fourth-order valence-electron chi connectivity index (χ4n) is 3.19. The van der Waals surface area contributed by atoms with Crippen LogP contribution in [0.5, 0.6) is 0 Å². The highest BCUT2D eigenvalue weighted by Gasteiger charge is 2.34. The maximum atomic E-state index is 12.5. The highest BCUT2D eigenvalue weighted by molar-refractivity contribution is 8.18. The Labute approximate surface area is 172 Å². The monoisotopic (exact) mass is 405 g/mol. The number of fused-ring (bicyclic) bond motifs is 1. The highest BCUT2D eigenvalue weighted by atomic mass is 32.2. The van der Waals surface area contributed by atoms with Gasteiger partial charge < -0.3 is 9.88 Å². The summed E-state index contributed by atoms with van der Waals surface area (Å²) < 4.78 is 1.87. The maximum absolute atomic E-state index is 12.5. The number of benzene rings is 2. The van der Waals surface area contributed by atoms with Crippen molar-refractivity contribution in [3.05, 3.63) is 77.3 Å². The first-order valence-electron chi connectivity index (χ1n) is 9.23. The SMILES string of the molecule is O=C(Cn1ccc2ccccc21)NCCN1C(=O)SC(=Cc2ccccc2)C1=O. The van der Waals surface area contributed by atoms with Gasteiger partial charge in [-0.15, -0.1) is 0 Å². The van der Waals surface area contributed by atoms with Crippen LogP contribution in [0, 0.1) is 0 Å². The lowest BCUT2D eigenvalue weighted by molar-refractivity contribution is -0.124. The quantitative estimate of drug-likeness (QED) is 0.637. The van der Waals surface area contributed by atoms with Gasteiger partial charge in [-0.1, -0.05) is 48.5 Å². The Morgan fingerprint density at radius 1 is 1.00 bits per heavy atom. The number of carbonyl (C=O) groups excluding carboxylic acids is 3. The Balaban J connectivity index is 1.32. The van der Waals surface area contributed by atoms with Crippen LogP contribution in [0.25, 0.3) is 17.0 Å². The molecule has 1 saturated heterocycles. The number of para-hydroxylation sites is 1. The Morgan fingerprint density at radius 3 is 2.59 bits per heavy atom. The third-order valence-electron chi connectivity index (χ3n) is 4.62. The normalized spacial score (nSPS) is 15.4. The van der Waals surface area contributed by atoms with E-state index in [0.29, 0.717) is 4.91 Å². The molecule has 0 saturated carbocycles. The molecule has 29 heavy (non-hydrogen) atoms. The van der Waals surface area contributed by atoms with Crippen LogP contribution in [0.1, 0.15) is 5.56 Å². The Hall–Kier alpha value is -3.32. The fraction of sp³-hybridized carbons (Fsp3) is 0.136. The van der Waals surface area contributed by atoms with E-state index in [2.05, 4.69) is 5.32 Å². The summed E-state index contributed by atoms with van der Waals surface area (Å²) in [4.78, 5) is 38.5. The zero-order chi connectivity index (χ0) is 20.2. The van der Waals surface area contributed by atoms with Crippen molar-refractivity contribution in [1.29, 1.82) is 0 Å². The molecule has 2 heterocycles. The molecule has 6 nitrogen and oxygen atoms in total. The predicted molar refractivity (Wildman–Crippen MR) is 114 cm³/mol. The van der Waals surface area contributed by atoms with Gasteiger partial charge >= 0.3 is 0 Å². The van der Waals surface area contributed by atoms with E-state index in [1.165, 1.54) is 4.90 Å². The Morgan fingerprint density at radius 2 is 1.76 bits per heavy atom. The van der Waals surface area contributed by atoms with Crippen LogP contribution in [0.3, 0.4) is 0 Å². The van der Waals surface area contributed by atoms with Crippen LogP contribution in [-0.4, -0.2) is 39.6 Å². The molecule has 1 aliphatic heterocycles. The van der Waals surface area contributed by atoms with Gasteiger partial charge in [0.25, 0.3) is 11.1 Å². The largest absolute Gasteiger partial charge is 0.353 e. The molecular weight excluding hydrogens is 386 g/mol. The molecule has 1 N–H and O–H groups in total. The number of nitrogens with one attached hydrogen (secondary N) is 1. The number of thioether (sulfide) groups is 1. The zero-order valence-electron chi connectivity index (χ0n) is 15.6. The number of rotatable bonds is 6. The third-order valence-corrected chi connectivity index (χ3v) is 5.53. The molecule has 3 aromatic rings. The van der Waals surface area contributed by atoms with Gasteiger partial charge in [0.15, 0.2) is 0 Å². The Kier molecular flexibility index (Phi) is 5.48. The van der Waals surface area contributed by atoms with Gasteiger partial charge in [-0.2, -0.15) is 0 Å². The number of nitrogens with zero attached hydrogens (tertiary/aromatic N) is 2. The third kappa shape index (κ3) is 4.25. The van der Waals surface area contributed by atoms with E-state index in [1.54, 1.807) is 6.08 Å². The first-order valence-corrected chi connectivity index (χ1v) is 10.0. The van der Waals surface area contributed by atoms with Crippen molar-refractivity contribution in [2.24, 2.45) is 0 Å². The number of imide groups is 1. The smallest absolute Gasteiger partial charge is 0.293 e. The minimum atomic E-state index is -0.325. The second kappa shape index (κ2) is 8.36. The summed E-state index contributed by atoms with van der Waals surface area (Å²) in [6.45, 7) is 0.549. The first-order chi connectivity index (χ1) is 14.1. The Bertz CT molecular complexity index is 1100. The van der Waals surface area contributed by atoms with Crippen molar-refractivity contribution >= 4 is 45.8 Å². The summed E-state index contributed by atoms with van der Waals surface area (Å²) in [7, 11) is 0. The second-order valence-corrected chi connectivity index (χ2v) is 7.59. The molecule has 0 radical (unpaired) electrons. The molecule has 3 amide bonds. The van der Waals surface area contributed by atoms with Crippen LogP contribution in [0.15, 0.2) is 71.8 Å². The molecule has 0 bridgehead atoms. The number of aromatic nitrogens is 1. The average Bonchev–Trinajstić information content (AvgIpc) is 3.25. The standard InChI is InChI=1S/C22H19N3O3S/c26-20(15-24-12-10-17-8-4-5-9-18(17)24)23-11-13-25-21(27)19(29-22(25)28)14-16-6-2-1-3-7-16/h1-10,12,14H,11,13,15H2,(H,23,26). The predicted octanol–water partition coefficient (Wildman–Crippen LogP) is 3.49. The molecular formula is C22H19N3O3S. The van der Waals surface area contributed by atoms with Crippen molar-refractivity contribution in [2.45, 2.75) is 6.54 Å². The number of hydrogen-bond donors (Lipinski definition) is 1. The molecule has 0 aliphatic carbocycles. The first kappa shape index (κ1) is 19.0. The summed E-state index contributed by atoms with van der Waals surface area (Å²) in [5.74, 6) is -0.493. The van der Waals surface area contributed by atoms with Crippen molar-refractivity contribution in [3.63, 3.8) is 0 Å². The summed E-state index contributed by atoms with van der Waals surface area (Å²) in [5.41, 5.74) is 1.85.